The highest BCUT2D eigenvalue weighted by Crippen LogP contribution is 2.31. The van der Waals surface area contributed by atoms with Crippen LogP contribution in [0.1, 0.15) is 37.4 Å². The number of hydrogen-bond acceptors (Lipinski definition) is 3. The smallest absolute Gasteiger partial charge is 0.267 e. The Balaban J connectivity index is 1.91. The van der Waals surface area contributed by atoms with E-state index < -0.39 is 0 Å². The zero-order valence-electron chi connectivity index (χ0n) is 11.3. The molecular weight excluding hydrogens is 246 g/mol. The number of amides is 1. The second-order valence-electron chi connectivity index (χ2n) is 5.33. The van der Waals surface area contributed by atoms with Crippen molar-refractivity contribution in [3.05, 3.63) is 21.6 Å². The first-order chi connectivity index (χ1) is 9.01. The summed E-state index contributed by atoms with van der Waals surface area (Å²) in [6, 6.07) is 0.0919. The molecular formula is C13H21N3O3. The number of rotatable bonds is 5. The van der Waals surface area contributed by atoms with Crippen LogP contribution in [-0.4, -0.2) is 33.4 Å². The van der Waals surface area contributed by atoms with Crippen LogP contribution >= 0.6 is 0 Å². The molecule has 6 heteroatoms. The molecule has 1 atom stereocenters. The van der Waals surface area contributed by atoms with Gasteiger partial charge >= 0.3 is 0 Å². The van der Waals surface area contributed by atoms with E-state index >= 15 is 0 Å². The maximum atomic E-state index is 12.0. The van der Waals surface area contributed by atoms with Gasteiger partial charge in [-0.05, 0) is 32.1 Å². The highest BCUT2D eigenvalue weighted by atomic mass is 16.3. The number of aliphatic hydroxyl groups excluding tert-OH is 1. The maximum absolute atomic E-state index is 12.0. The van der Waals surface area contributed by atoms with E-state index in [-0.39, 0.29) is 30.0 Å². The molecule has 1 unspecified atom stereocenters. The molecule has 1 aliphatic carbocycles. The quantitative estimate of drug-likeness (QED) is 0.614. The van der Waals surface area contributed by atoms with Crippen molar-refractivity contribution in [3.63, 3.8) is 0 Å². The van der Waals surface area contributed by atoms with Gasteiger partial charge in [-0.25, -0.2) is 0 Å². The normalized spacial score (nSPS) is 23.7. The van der Waals surface area contributed by atoms with Gasteiger partial charge in [0.25, 0.3) is 5.56 Å². The third-order valence-electron chi connectivity index (χ3n) is 3.93. The zero-order valence-corrected chi connectivity index (χ0v) is 11.3. The van der Waals surface area contributed by atoms with Crippen molar-refractivity contribution < 1.29 is 9.90 Å². The molecule has 0 aliphatic heterocycles. The minimum Gasteiger partial charge on any atom is -0.393 e. The Morgan fingerprint density at radius 2 is 2.16 bits per heavy atom. The van der Waals surface area contributed by atoms with Crippen LogP contribution in [0, 0.1) is 12.8 Å². The molecule has 1 heterocycles. The predicted molar refractivity (Wildman–Crippen MR) is 70.8 cm³/mol. The molecule has 1 aromatic rings. The summed E-state index contributed by atoms with van der Waals surface area (Å²) in [4.78, 5) is 23.4. The molecule has 1 saturated carbocycles. The molecule has 106 valence electrons. The molecule has 19 heavy (non-hydrogen) atoms. The summed E-state index contributed by atoms with van der Waals surface area (Å²) in [7, 11) is 0. The fourth-order valence-corrected chi connectivity index (χ4v) is 2.61. The van der Waals surface area contributed by atoms with Crippen molar-refractivity contribution in [2.45, 2.75) is 51.7 Å². The largest absolute Gasteiger partial charge is 0.393 e. The summed E-state index contributed by atoms with van der Waals surface area (Å²) in [6.45, 7) is 3.78. The van der Waals surface area contributed by atoms with Crippen LogP contribution in [-0.2, 0) is 11.2 Å². The average Bonchev–Trinajstić information content (AvgIpc) is 2.64. The van der Waals surface area contributed by atoms with E-state index in [0.717, 1.165) is 19.3 Å². The second kappa shape index (κ2) is 5.61. The van der Waals surface area contributed by atoms with Crippen molar-refractivity contribution >= 4 is 5.91 Å². The third-order valence-corrected chi connectivity index (χ3v) is 3.93. The van der Waals surface area contributed by atoms with Crippen LogP contribution in [0.4, 0.5) is 0 Å². The second-order valence-corrected chi connectivity index (χ2v) is 5.33. The van der Waals surface area contributed by atoms with Gasteiger partial charge in [-0.3, -0.25) is 14.7 Å². The Morgan fingerprint density at radius 3 is 2.63 bits per heavy atom. The number of hydrogen-bond donors (Lipinski definition) is 4. The summed E-state index contributed by atoms with van der Waals surface area (Å²) in [5.41, 5.74) is 0.952. The van der Waals surface area contributed by atoms with Crippen molar-refractivity contribution in [2.24, 2.45) is 5.92 Å². The van der Waals surface area contributed by atoms with Gasteiger partial charge < -0.3 is 15.5 Å². The highest BCUT2D eigenvalue weighted by Gasteiger charge is 2.33. The van der Waals surface area contributed by atoms with E-state index in [2.05, 4.69) is 15.5 Å². The zero-order chi connectivity index (χ0) is 14.0. The first kappa shape index (κ1) is 13.9. The Bertz CT molecular complexity index is 499. The van der Waals surface area contributed by atoms with Crippen molar-refractivity contribution in [2.75, 3.05) is 0 Å². The SMILES string of the molecule is CCC(NC(=O)Cc1c(C)[nH][nH]c1=O)C1CC(O)C1. The van der Waals surface area contributed by atoms with E-state index in [1.54, 1.807) is 6.92 Å². The molecule has 0 saturated heterocycles. The van der Waals surface area contributed by atoms with Crippen molar-refractivity contribution in [1.29, 1.82) is 0 Å². The number of aliphatic hydroxyl groups is 1. The molecule has 6 nitrogen and oxygen atoms in total. The van der Waals surface area contributed by atoms with E-state index in [9.17, 15) is 14.7 Å². The Kier molecular flexibility index (Phi) is 4.09. The summed E-state index contributed by atoms with van der Waals surface area (Å²) in [6.07, 6.45) is 2.22. The number of aromatic amines is 2. The van der Waals surface area contributed by atoms with E-state index in [1.807, 2.05) is 6.92 Å². The van der Waals surface area contributed by atoms with Gasteiger partial charge in [0, 0.05) is 17.3 Å². The number of aryl methyl sites for hydroxylation is 1. The molecule has 1 amide bonds. The Hall–Kier alpha value is -1.56. The molecule has 0 spiro atoms. The average molecular weight is 267 g/mol. The fourth-order valence-electron chi connectivity index (χ4n) is 2.61. The first-order valence-electron chi connectivity index (χ1n) is 6.74. The van der Waals surface area contributed by atoms with Crippen LogP contribution in [0.2, 0.25) is 0 Å². The number of carbonyl (C=O) groups is 1. The number of aromatic nitrogens is 2. The lowest BCUT2D eigenvalue weighted by Gasteiger charge is -2.37. The summed E-state index contributed by atoms with van der Waals surface area (Å²) in [5, 5.41) is 17.5. The van der Waals surface area contributed by atoms with Crippen LogP contribution in [0.3, 0.4) is 0 Å². The predicted octanol–water partition coefficient (Wildman–Crippen LogP) is 0.220. The van der Waals surface area contributed by atoms with Gasteiger partial charge in [0.05, 0.1) is 12.5 Å². The van der Waals surface area contributed by atoms with E-state index in [0.29, 0.717) is 17.2 Å². The maximum Gasteiger partial charge on any atom is 0.267 e. The summed E-state index contributed by atoms with van der Waals surface area (Å²) in [5.74, 6) is 0.219. The fraction of sp³-hybridized carbons (Fsp3) is 0.692. The minimum atomic E-state index is -0.236. The Labute approximate surface area is 111 Å². The van der Waals surface area contributed by atoms with Gasteiger partial charge in [0.1, 0.15) is 0 Å². The van der Waals surface area contributed by atoms with Crippen LogP contribution < -0.4 is 10.9 Å². The third kappa shape index (κ3) is 3.07. The number of nitrogens with one attached hydrogen (secondary N) is 3. The topological polar surface area (TPSA) is 98.0 Å². The molecule has 1 aromatic heterocycles. The molecule has 0 radical (unpaired) electrons. The monoisotopic (exact) mass is 267 g/mol. The first-order valence-corrected chi connectivity index (χ1v) is 6.74. The summed E-state index contributed by atoms with van der Waals surface area (Å²) >= 11 is 0. The van der Waals surface area contributed by atoms with Crippen LogP contribution in [0.25, 0.3) is 0 Å². The standard InChI is InChI=1S/C13H21N3O3/c1-3-11(8-4-9(17)5-8)14-12(18)6-10-7(2)15-16-13(10)19/h8-9,11,17H,3-6H2,1-2H3,(H,14,18)(H2,15,16,19). The van der Waals surface area contributed by atoms with E-state index in [1.165, 1.54) is 0 Å². The van der Waals surface area contributed by atoms with Gasteiger partial charge in [0.15, 0.2) is 0 Å². The molecule has 2 rings (SSSR count). The van der Waals surface area contributed by atoms with Crippen molar-refractivity contribution in [1.82, 2.24) is 15.5 Å². The van der Waals surface area contributed by atoms with Gasteiger partial charge in [-0.1, -0.05) is 6.92 Å². The Morgan fingerprint density at radius 1 is 1.47 bits per heavy atom. The van der Waals surface area contributed by atoms with Gasteiger partial charge in [0.2, 0.25) is 5.91 Å². The van der Waals surface area contributed by atoms with Crippen LogP contribution in [0.5, 0.6) is 0 Å². The van der Waals surface area contributed by atoms with E-state index in [4.69, 9.17) is 0 Å². The van der Waals surface area contributed by atoms with Gasteiger partial charge in [-0.15, -0.1) is 0 Å². The van der Waals surface area contributed by atoms with Gasteiger partial charge in [-0.2, -0.15) is 0 Å². The van der Waals surface area contributed by atoms with Crippen molar-refractivity contribution in [3.8, 4) is 0 Å². The molecule has 0 bridgehead atoms. The molecule has 0 aromatic carbocycles. The molecule has 1 fully saturated rings. The molecule has 1 aliphatic rings. The lowest BCUT2D eigenvalue weighted by molar-refractivity contribution is -0.122. The minimum absolute atomic E-state index is 0.0919. The lowest BCUT2D eigenvalue weighted by atomic mass is 9.76. The molecule has 4 N–H and O–H groups in total. The summed E-state index contributed by atoms with van der Waals surface area (Å²) < 4.78 is 0. The van der Waals surface area contributed by atoms with Crippen LogP contribution in [0.15, 0.2) is 4.79 Å². The number of carbonyl (C=O) groups excluding carboxylic acids is 1. The lowest BCUT2D eigenvalue weighted by Crippen LogP contribution is -2.47. The highest BCUT2D eigenvalue weighted by molar-refractivity contribution is 5.79. The number of H-pyrrole nitrogens is 2.